The molecule has 1 heterocycles. The van der Waals surface area contributed by atoms with Gasteiger partial charge in [0.15, 0.2) is 0 Å². The minimum absolute atomic E-state index is 0.750. The second-order valence-electron chi connectivity index (χ2n) is 1.23. The van der Waals surface area contributed by atoms with Gasteiger partial charge < -0.3 is 0 Å². The van der Waals surface area contributed by atoms with Crippen LogP contribution in [0.25, 0.3) is 6.08 Å². The molecule has 0 atom stereocenters. The second-order valence-corrected chi connectivity index (χ2v) is 1.23. The van der Waals surface area contributed by atoms with E-state index in [1.807, 2.05) is 0 Å². The third-order valence-corrected chi connectivity index (χ3v) is 0.724. The molecule has 0 amide bonds. The lowest BCUT2D eigenvalue weighted by atomic mass is 10.5. The van der Waals surface area contributed by atoms with Crippen LogP contribution in [0, 0.1) is 0 Å². The molecule has 0 saturated carbocycles. The topological polar surface area (TPSA) is 38.7 Å². The van der Waals surface area contributed by atoms with E-state index >= 15 is 0 Å². The molecule has 1 aromatic rings. The van der Waals surface area contributed by atoms with Gasteiger partial charge in [0.2, 0.25) is 0 Å². The molecular weight excluding hydrogens is 102 g/mol. The van der Waals surface area contributed by atoms with E-state index in [1.54, 1.807) is 12.3 Å². The van der Waals surface area contributed by atoms with E-state index in [0.29, 0.717) is 0 Å². The molecule has 0 spiro atoms. The van der Waals surface area contributed by atoms with Crippen molar-refractivity contribution >= 4 is 6.08 Å². The van der Waals surface area contributed by atoms with Crippen LogP contribution < -0.4 is 0 Å². The lowest BCUT2D eigenvalue weighted by Gasteiger charge is -1.82. The van der Waals surface area contributed by atoms with Crippen LogP contribution in [-0.2, 0) is 0 Å². The lowest BCUT2D eigenvalue weighted by molar-refractivity contribution is 0.961. The number of nitrogens with zero attached hydrogens (tertiary/aromatic N) is 3. The fourth-order valence-electron chi connectivity index (χ4n) is 0.354. The van der Waals surface area contributed by atoms with Crippen LogP contribution in [0.4, 0.5) is 0 Å². The smallest absolute Gasteiger partial charge is 0.138 e. The molecule has 0 unspecified atom stereocenters. The van der Waals surface area contributed by atoms with Gasteiger partial charge in [0.05, 0.1) is 11.9 Å². The summed E-state index contributed by atoms with van der Waals surface area (Å²) in [5.74, 6) is 0. The van der Waals surface area contributed by atoms with Crippen LogP contribution in [0.3, 0.4) is 0 Å². The van der Waals surface area contributed by atoms with Gasteiger partial charge in [-0.3, -0.25) is 0 Å². The summed E-state index contributed by atoms with van der Waals surface area (Å²) in [6, 6.07) is 0. The van der Waals surface area contributed by atoms with Crippen molar-refractivity contribution in [2.45, 2.75) is 0 Å². The van der Waals surface area contributed by atoms with Crippen LogP contribution in [0.2, 0.25) is 0 Å². The minimum Gasteiger partial charge on any atom is -0.233 e. The predicted molar refractivity (Wildman–Crippen MR) is 29.9 cm³/mol. The Morgan fingerprint density at radius 3 is 2.75 bits per heavy atom. The van der Waals surface area contributed by atoms with Gasteiger partial charge in [-0.2, -0.15) is 5.10 Å². The highest BCUT2D eigenvalue weighted by molar-refractivity contribution is 5.38. The summed E-state index contributed by atoms with van der Waals surface area (Å²) in [4.78, 5) is 3.81. The van der Waals surface area contributed by atoms with Crippen LogP contribution >= 0.6 is 0 Å². The first-order valence-corrected chi connectivity index (χ1v) is 2.18. The molecule has 0 aliphatic heterocycles. The average Bonchev–Trinajstić information content (AvgIpc) is 1.90. The Labute approximate surface area is 47.1 Å². The summed E-state index contributed by atoms with van der Waals surface area (Å²) in [7, 11) is 0. The Hall–Kier alpha value is -1.25. The maximum atomic E-state index is 3.81. The Balaban J connectivity index is 2.99. The van der Waals surface area contributed by atoms with Gasteiger partial charge >= 0.3 is 0 Å². The summed E-state index contributed by atoms with van der Waals surface area (Å²) >= 11 is 0. The first-order valence-electron chi connectivity index (χ1n) is 2.18. The van der Waals surface area contributed by atoms with Crippen molar-refractivity contribution in [1.82, 2.24) is 15.2 Å². The Kier molecular flexibility index (Phi) is 1.32. The van der Waals surface area contributed by atoms with Gasteiger partial charge in [-0.05, 0) is 6.08 Å². The summed E-state index contributed by atoms with van der Waals surface area (Å²) in [5.41, 5.74) is 0.750. The number of hydrogen-bond acceptors (Lipinski definition) is 3. The molecule has 0 radical (unpaired) electrons. The standard InChI is InChI=1S/C5H5N3/c1-2-5-3-7-8-4-6-5/h2-4H,1H2. The quantitative estimate of drug-likeness (QED) is 0.525. The first kappa shape index (κ1) is 4.90. The van der Waals surface area contributed by atoms with Gasteiger partial charge in [0.25, 0.3) is 0 Å². The van der Waals surface area contributed by atoms with Crippen molar-refractivity contribution in [3.05, 3.63) is 24.8 Å². The summed E-state index contributed by atoms with van der Waals surface area (Å²) in [6.07, 6.45) is 4.55. The largest absolute Gasteiger partial charge is 0.233 e. The van der Waals surface area contributed by atoms with Crippen LogP contribution in [0.15, 0.2) is 19.1 Å². The van der Waals surface area contributed by atoms with Gasteiger partial charge in [0.1, 0.15) is 6.33 Å². The van der Waals surface area contributed by atoms with Gasteiger partial charge in [-0.1, -0.05) is 6.58 Å². The normalized spacial score (nSPS) is 8.50. The lowest BCUT2D eigenvalue weighted by Crippen LogP contribution is -1.83. The number of aromatic nitrogens is 3. The molecule has 3 nitrogen and oxygen atoms in total. The third kappa shape index (κ3) is 0.872. The SMILES string of the molecule is C=Cc1cnncn1. The second kappa shape index (κ2) is 2.16. The highest BCUT2D eigenvalue weighted by Gasteiger charge is 1.79. The van der Waals surface area contributed by atoms with Crippen molar-refractivity contribution in [3.8, 4) is 0 Å². The van der Waals surface area contributed by atoms with E-state index in [2.05, 4.69) is 21.8 Å². The molecule has 0 saturated heterocycles. The van der Waals surface area contributed by atoms with Crippen LogP contribution in [0.5, 0.6) is 0 Å². The van der Waals surface area contributed by atoms with Crippen molar-refractivity contribution in [2.75, 3.05) is 0 Å². The Morgan fingerprint density at radius 2 is 2.38 bits per heavy atom. The highest BCUT2D eigenvalue weighted by atomic mass is 15.1. The van der Waals surface area contributed by atoms with Gasteiger partial charge in [-0.25, -0.2) is 4.98 Å². The Bertz CT molecular complexity index is 170. The van der Waals surface area contributed by atoms with Gasteiger partial charge in [-0.15, -0.1) is 5.10 Å². The van der Waals surface area contributed by atoms with Crippen molar-refractivity contribution in [3.63, 3.8) is 0 Å². The maximum absolute atomic E-state index is 3.81. The molecule has 0 aliphatic carbocycles. The minimum atomic E-state index is 0.750. The van der Waals surface area contributed by atoms with Crippen molar-refractivity contribution < 1.29 is 0 Å². The molecule has 1 aromatic heterocycles. The predicted octanol–water partition coefficient (Wildman–Crippen LogP) is 0.515. The van der Waals surface area contributed by atoms with Crippen molar-refractivity contribution in [1.29, 1.82) is 0 Å². The summed E-state index contributed by atoms with van der Waals surface area (Å²) in [5, 5.41) is 7.06. The average molecular weight is 107 g/mol. The summed E-state index contributed by atoms with van der Waals surface area (Å²) in [6.45, 7) is 3.50. The van der Waals surface area contributed by atoms with E-state index in [0.717, 1.165) is 5.69 Å². The zero-order chi connectivity index (χ0) is 5.82. The van der Waals surface area contributed by atoms with E-state index in [4.69, 9.17) is 0 Å². The van der Waals surface area contributed by atoms with Gasteiger partial charge in [0, 0.05) is 0 Å². The number of rotatable bonds is 1. The third-order valence-electron chi connectivity index (χ3n) is 0.724. The maximum Gasteiger partial charge on any atom is 0.138 e. The van der Waals surface area contributed by atoms with E-state index in [9.17, 15) is 0 Å². The summed E-state index contributed by atoms with van der Waals surface area (Å²) < 4.78 is 0. The molecule has 0 bridgehead atoms. The molecule has 40 valence electrons. The molecule has 3 heteroatoms. The van der Waals surface area contributed by atoms with E-state index < -0.39 is 0 Å². The Morgan fingerprint density at radius 1 is 1.50 bits per heavy atom. The molecular formula is C5H5N3. The molecule has 1 rings (SSSR count). The van der Waals surface area contributed by atoms with E-state index in [-0.39, 0.29) is 0 Å². The number of hydrogen-bond donors (Lipinski definition) is 0. The zero-order valence-electron chi connectivity index (χ0n) is 4.28. The molecule has 0 aromatic carbocycles. The van der Waals surface area contributed by atoms with Crippen molar-refractivity contribution in [2.24, 2.45) is 0 Å². The highest BCUT2D eigenvalue weighted by Crippen LogP contribution is 1.86. The van der Waals surface area contributed by atoms with E-state index in [1.165, 1.54) is 6.33 Å². The zero-order valence-corrected chi connectivity index (χ0v) is 4.28. The first-order chi connectivity index (χ1) is 3.93. The molecule has 0 fully saturated rings. The molecule has 0 N–H and O–H groups in total. The molecule has 0 aliphatic rings. The monoisotopic (exact) mass is 107 g/mol. The van der Waals surface area contributed by atoms with Crippen LogP contribution in [-0.4, -0.2) is 15.2 Å². The fraction of sp³-hybridized carbons (Fsp3) is 0. The molecule has 8 heavy (non-hydrogen) atoms. The van der Waals surface area contributed by atoms with Crippen LogP contribution in [0.1, 0.15) is 5.69 Å². The fourth-order valence-corrected chi connectivity index (χ4v) is 0.354.